The fraction of sp³-hybridized carbons (Fsp3) is 0.278. The van der Waals surface area contributed by atoms with Gasteiger partial charge in [-0.3, -0.25) is 9.78 Å². The number of anilines is 1. The molecule has 0 fully saturated rings. The molecule has 0 aliphatic carbocycles. The monoisotopic (exact) mass is 341 g/mol. The lowest BCUT2D eigenvalue weighted by Gasteiger charge is -2.29. The quantitative estimate of drug-likeness (QED) is 0.701. The Bertz CT molecular complexity index is 804. The smallest absolute Gasteiger partial charge is 0.277 e. The van der Waals surface area contributed by atoms with E-state index in [-0.39, 0.29) is 11.3 Å². The molecule has 0 atom stereocenters. The summed E-state index contributed by atoms with van der Waals surface area (Å²) < 4.78 is 5.08. The predicted octanol–water partition coefficient (Wildman–Crippen LogP) is 4.49. The molecular formula is C18H19N3O2S. The first-order valence-corrected chi connectivity index (χ1v) is 8.52. The summed E-state index contributed by atoms with van der Waals surface area (Å²) in [6, 6.07) is 5.55. The fourth-order valence-electron chi connectivity index (χ4n) is 2.30. The molecule has 3 rings (SSSR count). The van der Waals surface area contributed by atoms with E-state index in [2.05, 4.69) is 30.7 Å². The van der Waals surface area contributed by atoms with Gasteiger partial charge in [-0.05, 0) is 23.6 Å². The maximum atomic E-state index is 13.0. The zero-order chi connectivity index (χ0) is 17.2. The van der Waals surface area contributed by atoms with Crippen LogP contribution in [0.1, 0.15) is 31.3 Å². The highest BCUT2D eigenvalue weighted by molar-refractivity contribution is 7.13. The maximum Gasteiger partial charge on any atom is 0.277 e. The third-order valence-electron chi connectivity index (χ3n) is 3.33. The van der Waals surface area contributed by atoms with Gasteiger partial charge in [0.05, 0.1) is 18.1 Å². The molecule has 0 saturated heterocycles. The first kappa shape index (κ1) is 16.4. The molecular weight excluding hydrogens is 322 g/mol. The van der Waals surface area contributed by atoms with Gasteiger partial charge < -0.3 is 9.32 Å². The number of rotatable bonds is 4. The van der Waals surface area contributed by atoms with Crippen LogP contribution in [0.2, 0.25) is 0 Å². The van der Waals surface area contributed by atoms with Crippen molar-refractivity contribution in [3.63, 3.8) is 0 Å². The van der Waals surface area contributed by atoms with Crippen LogP contribution in [-0.2, 0) is 0 Å². The Morgan fingerprint density at radius 2 is 2.17 bits per heavy atom. The molecule has 0 saturated carbocycles. The lowest BCUT2D eigenvalue weighted by atomic mass is 9.95. The molecule has 124 valence electrons. The Labute approximate surface area is 145 Å². The van der Waals surface area contributed by atoms with Crippen LogP contribution < -0.4 is 4.90 Å². The largest absolute Gasteiger partial charge is 0.472 e. The molecule has 0 aliphatic rings. The van der Waals surface area contributed by atoms with Crippen molar-refractivity contribution in [2.75, 3.05) is 11.4 Å². The highest BCUT2D eigenvalue weighted by Gasteiger charge is 2.25. The topological polar surface area (TPSA) is 59.2 Å². The summed E-state index contributed by atoms with van der Waals surface area (Å²) in [4.78, 5) is 23.4. The van der Waals surface area contributed by atoms with Gasteiger partial charge >= 0.3 is 0 Å². The highest BCUT2D eigenvalue weighted by Crippen LogP contribution is 2.27. The minimum absolute atomic E-state index is 0.0467. The van der Waals surface area contributed by atoms with Gasteiger partial charge in [0.15, 0.2) is 0 Å². The Balaban J connectivity index is 1.91. The fourth-order valence-corrected chi connectivity index (χ4v) is 3.08. The molecule has 3 aromatic heterocycles. The van der Waals surface area contributed by atoms with E-state index in [1.54, 1.807) is 35.2 Å². The summed E-state index contributed by atoms with van der Waals surface area (Å²) in [6.45, 7) is 6.88. The SMILES string of the molecule is CC(C)(C)CN(C(=O)c1csc(-c2ccoc2)n1)c1cccnc1. The van der Waals surface area contributed by atoms with Crippen LogP contribution in [-0.4, -0.2) is 22.4 Å². The average Bonchev–Trinajstić information content (AvgIpc) is 3.22. The van der Waals surface area contributed by atoms with E-state index >= 15 is 0 Å². The number of carbonyl (C=O) groups excluding carboxylic acids is 1. The van der Waals surface area contributed by atoms with Crippen molar-refractivity contribution in [1.29, 1.82) is 0 Å². The van der Waals surface area contributed by atoms with Crippen LogP contribution >= 0.6 is 11.3 Å². The summed E-state index contributed by atoms with van der Waals surface area (Å²) in [5.41, 5.74) is 2.04. The van der Waals surface area contributed by atoms with E-state index in [1.165, 1.54) is 11.3 Å². The van der Waals surface area contributed by atoms with Gasteiger partial charge in [-0.2, -0.15) is 0 Å². The zero-order valence-electron chi connectivity index (χ0n) is 13.9. The molecule has 0 spiro atoms. The first-order chi connectivity index (χ1) is 11.4. The van der Waals surface area contributed by atoms with Gasteiger partial charge in [0.1, 0.15) is 17.0 Å². The lowest BCUT2D eigenvalue weighted by Crippen LogP contribution is -2.38. The van der Waals surface area contributed by atoms with E-state index in [0.29, 0.717) is 12.2 Å². The molecule has 3 heterocycles. The number of hydrogen-bond donors (Lipinski definition) is 0. The number of furan rings is 1. The standard InChI is InChI=1S/C18H19N3O2S/c1-18(2,3)12-21(14-5-4-7-19-9-14)17(22)15-11-24-16(20-15)13-6-8-23-10-13/h4-11H,12H2,1-3H3. The van der Waals surface area contributed by atoms with Crippen LogP contribution in [0.3, 0.4) is 0 Å². The van der Waals surface area contributed by atoms with E-state index in [0.717, 1.165) is 16.3 Å². The molecule has 24 heavy (non-hydrogen) atoms. The minimum atomic E-state index is -0.121. The molecule has 3 aromatic rings. The van der Waals surface area contributed by atoms with Crippen molar-refractivity contribution in [3.05, 3.63) is 54.2 Å². The Morgan fingerprint density at radius 1 is 1.33 bits per heavy atom. The number of aromatic nitrogens is 2. The molecule has 0 aromatic carbocycles. The summed E-state index contributed by atoms with van der Waals surface area (Å²) in [6.07, 6.45) is 6.62. The number of thiazole rings is 1. The van der Waals surface area contributed by atoms with Crippen LogP contribution in [0, 0.1) is 5.41 Å². The molecule has 0 aliphatic heterocycles. The van der Waals surface area contributed by atoms with Crippen molar-refractivity contribution in [3.8, 4) is 10.6 Å². The Hall–Kier alpha value is -2.47. The second-order valence-electron chi connectivity index (χ2n) is 6.71. The lowest BCUT2D eigenvalue weighted by molar-refractivity contribution is 0.0973. The van der Waals surface area contributed by atoms with E-state index < -0.39 is 0 Å². The van der Waals surface area contributed by atoms with Crippen molar-refractivity contribution < 1.29 is 9.21 Å². The average molecular weight is 341 g/mol. The molecule has 1 amide bonds. The number of carbonyl (C=O) groups is 1. The summed E-state index contributed by atoms with van der Waals surface area (Å²) in [7, 11) is 0. The van der Waals surface area contributed by atoms with Gasteiger partial charge in [-0.15, -0.1) is 11.3 Å². The second kappa shape index (κ2) is 6.57. The van der Waals surface area contributed by atoms with Crippen LogP contribution in [0.15, 0.2) is 52.9 Å². The molecule has 6 heteroatoms. The molecule has 5 nitrogen and oxygen atoms in total. The van der Waals surface area contributed by atoms with Crippen LogP contribution in [0.25, 0.3) is 10.6 Å². The van der Waals surface area contributed by atoms with Crippen molar-refractivity contribution in [1.82, 2.24) is 9.97 Å². The minimum Gasteiger partial charge on any atom is -0.472 e. The number of amides is 1. The number of hydrogen-bond acceptors (Lipinski definition) is 5. The maximum absolute atomic E-state index is 13.0. The first-order valence-electron chi connectivity index (χ1n) is 7.64. The summed E-state index contributed by atoms with van der Waals surface area (Å²) in [5, 5.41) is 2.56. The third-order valence-corrected chi connectivity index (χ3v) is 4.22. The van der Waals surface area contributed by atoms with Gasteiger partial charge in [-0.1, -0.05) is 20.8 Å². The van der Waals surface area contributed by atoms with Crippen molar-refractivity contribution in [2.45, 2.75) is 20.8 Å². The number of pyridine rings is 1. The molecule has 0 bridgehead atoms. The van der Waals surface area contributed by atoms with Crippen molar-refractivity contribution >= 4 is 22.9 Å². The molecule has 0 N–H and O–H groups in total. The normalized spacial score (nSPS) is 11.5. The molecule has 0 unspecified atom stereocenters. The predicted molar refractivity (Wildman–Crippen MR) is 95.2 cm³/mol. The number of nitrogens with zero attached hydrogens (tertiary/aromatic N) is 3. The Morgan fingerprint density at radius 3 is 2.79 bits per heavy atom. The van der Waals surface area contributed by atoms with Gasteiger partial charge in [0.25, 0.3) is 5.91 Å². The van der Waals surface area contributed by atoms with E-state index in [1.807, 2.05) is 18.2 Å². The van der Waals surface area contributed by atoms with E-state index in [9.17, 15) is 4.79 Å². The summed E-state index contributed by atoms with van der Waals surface area (Å²) >= 11 is 1.43. The van der Waals surface area contributed by atoms with E-state index in [4.69, 9.17) is 4.42 Å². The molecule has 0 radical (unpaired) electrons. The Kier molecular flexibility index (Phi) is 4.49. The van der Waals surface area contributed by atoms with Gasteiger partial charge in [-0.25, -0.2) is 4.98 Å². The van der Waals surface area contributed by atoms with Gasteiger partial charge in [0, 0.05) is 23.7 Å². The third kappa shape index (κ3) is 3.71. The highest BCUT2D eigenvalue weighted by atomic mass is 32.1. The van der Waals surface area contributed by atoms with Crippen LogP contribution in [0.5, 0.6) is 0 Å². The zero-order valence-corrected chi connectivity index (χ0v) is 14.7. The van der Waals surface area contributed by atoms with Crippen LogP contribution in [0.4, 0.5) is 5.69 Å². The van der Waals surface area contributed by atoms with Gasteiger partial charge in [0.2, 0.25) is 0 Å². The van der Waals surface area contributed by atoms with Crippen molar-refractivity contribution in [2.24, 2.45) is 5.41 Å². The second-order valence-corrected chi connectivity index (χ2v) is 7.57. The summed E-state index contributed by atoms with van der Waals surface area (Å²) in [5.74, 6) is -0.121.